The van der Waals surface area contributed by atoms with E-state index in [9.17, 15) is 0 Å². The van der Waals surface area contributed by atoms with Gasteiger partial charge >= 0.3 is 18.0 Å². The molecule has 2 N–H and O–H groups in total. The molecule has 100 valence electrons. The minimum Gasteiger partial charge on any atom is -0.467 e. The first-order valence-corrected chi connectivity index (χ1v) is 5.99. The van der Waals surface area contributed by atoms with Gasteiger partial charge in [-0.25, -0.2) is 0 Å². The first-order valence-electron chi connectivity index (χ1n) is 5.20. The molecule has 19 heavy (non-hydrogen) atoms. The SMILES string of the molecule is COc1nc(OC)nc(Oc2cccc(N)c2Br)n1. The van der Waals surface area contributed by atoms with E-state index in [-0.39, 0.29) is 18.0 Å². The highest BCUT2D eigenvalue weighted by molar-refractivity contribution is 9.10. The summed E-state index contributed by atoms with van der Waals surface area (Å²) in [5.41, 5.74) is 6.30. The van der Waals surface area contributed by atoms with E-state index in [1.54, 1.807) is 18.2 Å². The molecule has 1 aromatic carbocycles. The first-order chi connectivity index (χ1) is 9.13. The van der Waals surface area contributed by atoms with Crippen molar-refractivity contribution in [2.24, 2.45) is 0 Å². The van der Waals surface area contributed by atoms with Gasteiger partial charge in [0.15, 0.2) is 0 Å². The summed E-state index contributed by atoms with van der Waals surface area (Å²) in [4.78, 5) is 11.8. The Morgan fingerprint density at radius 2 is 1.58 bits per heavy atom. The number of aromatic nitrogens is 3. The van der Waals surface area contributed by atoms with Crippen LogP contribution in [-0.4, -0.2) is 29.2 Å². The van der Waals surface area contributed by atoms with E-state index in [0.29, 0.717) is 15.9 Å². The van der Waals surface area contributed by atoms with Gasteiger partial charge in [-0.2, -0.15) is 0 Å². The van der Waals surface area contributed by atoms with Crippen LogP contribution in [0.5, 0.6) is 23.8 Å². The van der Waals surface area contributed by atoms with Crippen LogP contribution in [0.1, 0.15) is 0 Å². The Balaban J connectivity index is 2.34. The average Bonchev–Trinajstić information content (AvgIpc) is 2.43. The Bertz CT molecular complexity index is 572. The highest BCUT2D eigenvalue weighted by atomic mass is 79.9. The molecule has 0 aliphatic rings. The van der Waals surface area contributed by atoms with Crippen molar-refractivity contribution in [3.05, 3.63) is 22.7 Å². The van der Waals surface area contributed by atoms with Gasteiger partial charge in [0.05, 0.1) is 18.7 Å². The van der Waals surface area contributed by atoms with E-state index in [1.165, 1.54) is 14.2 Å². The van der Waals surface area contributed by atoms with Crippen molar-refractivity contribution in [1.29, 1.82) is 0 Å². The van der Waals surface area contributed by atoms with Crippen LogP contribution in [0.15, 0.2) is 22.7 Å². The molecule has 0 radical (unpaired) electrons. The summed E-state index contributed by atoms with van der Waals surface area (Å²) in [5, 5.41) is 0. The fourth-order valence-electron chi connectivity index (χ4n) is 1.25. The van der Waals surface area contributed by atoms with E-state index >= 15 is 0 Å². The molecule has 0 saturated carbocycles. The third-order valence-corrected chi connectivity index (χ3v) is 2.98. The molecular formula is C11H11BrN4O3. The number of anilines is 1. The molecule has 0 amide bonds. The van der Waals surface area contributed by atoms with E-state index in [1.807, 2.05) is 0 Å². The second-order valence-corrected chi connectivity index (χ2v) is 4.15. The predicted octanol–water partition coefficient (Wildman–Crippen LogP) is 2.03. The third kappa shape index (κ3) is 3.02. The highest BCUT2D eigenvalue weighted by Gasteiger charge is 2.11. The topological polar surface area (TPSA) is 92.4 Å². The number of methoxy groups -OCH3 is 2. The Morgan fingerprint density at radius 1 is 1.00 bits per heavy atom. The summed E-state index contributed by atoms with van der Waals surface area (Å²) < 4.78 is 16.0. The van der Waals surface area contributed by atoms with Crippen LogP contribution in [0.3, 0.4) is 0 Å². The van der Waals surface area contributed by atoms with E-state index in [4.69, 9.17) is 19.9 Å². The molecule has 0 spiro atoms. The second kappa shape index (κ2) is 5.70. The van der Waals surface area contributed by atoms with E-state index < -0.39 is 0 Å². The van der Waals surface area contributed by atoms with Crippen LogP contribution >= 0.6 is 15.9 Å². The molecule has 7 nitrogen and oxygen atoms in total. The lowest BCUT2D eigenvalue weighted by Crippen LogP contribution is -2.01. The largest absolute Gasteiger partial charge is 0.467 e. The second-order valence-electron chi connectivity index (χ2n) is 3.35. The Morgan fingerprint density at radius 3 is 2.16 bits per heavy atom. The molecular weight excluding hydrogens is 316 g/mol. The third-order valence-electron chi connectivity index (χ3n) is 2.13. The number of nitrogen functional groups attached to an aromatic ring is 1. The minimum atomic E-state index is 0.0509. The summed E-state index contributed by atoms with van der Waals surface area (Å²) in [6.07, 6.45) is 0. The Kier molecular flexibility index (Phi) is 4.00. The van der Waals surface area contributed by atoms with E-state index in [2.05, 4.69) is 30.9 Å². The lowest BCUT2D eigenvalue weighted by molar-refractivity contribution is 0.320. The molecule has 2 rings (SSSR count). The molecule has 0 aliphatic carbocycles. The molecule has 0 bridgehead atoms. The Hall–Kier alpha value is -2.09. The molecule has 8 heteroatoms. The Labute approximate surface area is 117 Å². The summed E-state index contributed by atoms with van der Waals surface area (Å²) >= 11 is 3.33. The fraction of sp³-hybridized carbons (Fsp3) is 0.182. The van der Waals surface area contributed by atoms with Crippen LogP contribution in [0.2, 0.25) is 0 Å². The lowest BCUT2D eigenvalue weighted by Gasteiger charge is -2.08. The molecule has 2 aromatic rings. The zero-order valence-corrected chi connectivity index (χ0v) is 11.8. The maximum Gasteiger partial charge on any atom is 0.331 e. The van der Waals surface area contributed by atoms with Crippen LogP contribution < -0.4 is 19.9 Å². The quantitative estimate of drug-likeness (QED) is 0.859. The monoisotopic (exact) mass is 326 g/mol. The van der Waals surface area contributed by atoms with Gasteiger partial charge in [0.2, 0.25) is 0 Å². The predicted molar refractivity (Wildman–Crippen MR) is 71.6 cm³/mol. The molecule has 1 aromatic heterocycles. The van der Waals surface area contributed by atoms with Crippen molar-refractivity contribution >= 4 is 21.6 Å². The molecule has 0 atom stereocenters. The molecule has 0 unspecified atom stereocenters. The number of hydrogen-bond acceptors (Lipinski definition) is 7. The van der Waals surface area contributed by atoms with Crippen molar-refractivity contribution in [3.8, 4) is 23.8 Å². The van der Waals surface area contributed by atoms with Gasteiger partial charge in [-0.15, -0.1) is 15.0 Å². The number of rotatable bonds is 4. The maximum absolute atomic E-state index is 5.76. The fourth-order valence-corrected chi connectivity index (χ4v) is 1.60. The number of ether oxygens (including phenoxy) is 3. The summed E-state index contributed by atoms with van der Waals surface area (Å²) in [6.45, 7) is 0. The summed E-state index contributed by atoms with van der Waals surface area (Å²) in [5.74, 6) is 0.482. The van der Waals surface area contributed by atoms with Gasteiger partial charge in [0.25, 0.3) is 0 Å². The zero-order chi connectivity index (χ0) is 13.8. The molecule has 0 fully saturated rings. The van der Waals surface area contributed by atoms with Crippen molar-refractivity contribution < 1.29 is 14.2 Å². The number of nitrogens with zero attached hydrogens (tertiary/aromatic N) is 3. The summed E-state index contributed by atoms with van der Waals surface area (Å²) in [7, 11) is 2.88. The smallest absolute Gasteiger partial charge is 0.331 e. The molecule has 0 saturated heterocycles. The standard InChI is InChI=1S/C11H11BrN4O3/c1-17-9-14-10(18-2)16-11(15-9)19-7-5-3-4-6(13)8(7)12/h3-5H,13H2,1-2H3. The van der Waals surface area contributed by atoms with Crippen LogP contribution in [-0.2, 0) is 0 Å². The minimum absolute atomic E-state index is 0.0509. The van der Waals surface area contributed by atoms with Crippen LogP contribution in [0, 0.1) is 0 Å². The number of hydrogen-bond donors (Lipinski definition) is 1. The first kappa shape index (κ1) is 13.3. The van der Waals surface area contributed by atoms with Crippen molar-refractivity contribution in [2.75, 3.05) is 20.0 Å². The van der Waals surface area contributed by atoms with Gasteiger partial charge in [-0.05, 0) is 28.1 Å². The lowest BCUT2D eigenvalue weighted by atomic mass is 10.3. The van der Waals surface area contributed by atoms with Gasteiger partial charge < -0.3 is 19.9 Å². The highest BCUT2D eigenvalue weighted by Crippen LogP contribution is 2.33. The van der Waals surface area contributed by atoms with Gasteiger partial charge in [0, 0.05) is 5.69 Å². The van der Waals surface area contributed by atoms with Gasteiger partial charge in [-0.3, -0.25) is 0 Å². The molecule has 0 aliphatic heterocycles. The van der Waals surface area contributed by atoms with Crippen molar-refractivity contribution in [1.82, 2.24) is 15.0 Å². The molecule has 1 heterocycles. The average molecular weight is 327 g/mol. The van der Waals surface area contributed by atoms with E-state index in [0.717, 1.165) is 0 Å². The number of halogens is 1. The number of nitrogens with two attached hydrogens (primary N) is 1. The normalized spacial score (nSPS) is 10.1. The van der Waals surface area contributed by atoms with Crippen LogP contribution in [0.25, 0.3) is 0 Å². The van der Waals surface area contributed by atoms with Gasteiger partial charge in [0.1, 0.15) is 5.75 Å². The maximum atomic E-state index is 5.76. The van der Waals surface area contributed by atoms with Crippen LogP contribution in [0.4, 0.5) is 5.69 Å². The zero-order valence-electron chi connectivity index (χ0n) is 10.3. The summed E-state index contributed by atoms with van der Waals surface area (Å²) in [6, 6.07) is 5.47. The van der Waals surface area contributed by atoms with Crippen molar-refractivity contribution in [3.63, 3.8) is 0 Å². The number of benzene rings is 1. The van der Waals surface area contributed by atoms with Crippen molar-refractivity contribution in [2.45, 2.75) is 0 Å². The van der Waals surface area contributed by atoms with Gasteiger partial charge in [-0.1, -0.05) is 6.07 Å².